The molecule has 0 bridgehead atoms. The van der Waals surface area contributed by atoms with E-state index in [0.29, 0.717) is 17.9 Å². The van der Waals surface area contributed by atoms with Gasteiger partial charge in [-0.05, 0) is 43.7 Å². The van der Waals surface area contributed by atoms with Crippen molar-refractivity contribution in [2.75, 3.05) is 13.7 Å². The van der Waals surface area contributed by atoms with Gasteiger partial charge in [0.05, 0.1) is 12.8 Å². The van der Waals surface area contributed by atoms with Crippen LogP contribution < -0.4 is 16.0 Å². The molecule has 2 rings (SSSR count). The van der Waals surface area contributed by atoms with E-state index in [1.165, 1.54) is 9.13 Å². The molecule has 0 saturated carbocycles. The molecule has 0 aliphatic carbocycles. The molecular formula is C20H30N2O4Si. The minimum Gasteiger partial charge on any atom is -0.497 e. The predicted octanol–water partition coefficient (Wildman–Crippen LogP) is 3.15. The zero-order valence-electron chi connectivity index (χ0n) is 17.4. The number of hydrogen-bond donors (Lipinski definition) is 0. The van der Waals surface area contributed by atoms with Crippen LogP contribution in [-0.2, 0) is 18.5 Å². The first kappa shape index (κ1) is 21.2. The van der Waals surface area contributed by atoms with Crippen LogP contribution in [0.2, 0.25) is 25.7 Å². The van der Waals surface area contributed by atoms with Gasteiger partial charge in [-0.15, -0.1) is 0 Å². The normalized spacial score (nSPS) is 11.7. The highest BCUT2D eigenvalue weighted by Crippen LogP contribution is 2.27. The van der Waals surface area contributed by atoms with E-state index in [-0.39, 0.29) is 18.0 Å². The first-order valence-corrected chi connectivity index (χ1v) is 12.8. The number of benzene rings is 1. The molecule has 148 valence electrons. The average Bonchev–Trinajstić information content (AvgIpc) is 2.59. The molecule has 7 heteroatoms. The van der Waals surface area contributed by atoms with Crippen molar-refractivity contribution in [1.29, 1.82) is 0 Å². The topological polar surface area (TPSA) is 62.5 Å². The second kappa shape index (κ2) is 8.27. The Morgan fingerprint density at radius 2 is 1.78 bits per heavy atom. The van der Waals surface area contributed by atoms with Crippen molar-refractivity contribution in [3.8, 4) is 17.0 Å². The number of rotatable bonds is 7. The molecule has 0 fully saturated rings. The Balaban J connectivity index is 2.41. The van der Waals surface area contributed by atoms with Crippen LogP contribution in [0.3, 0.4) is 0 Å². The fraction of sp³-hybridized carbons (Fsp3) is 0.500. The fourth-order valence-corrected chi connectivity index (χ4v) is 3.74. The molecule has 0 radical (unpaired) electrons. The molecule has 27 heavy (non-hydrogen) atoms. The highest BCUT2D eigenvalue weighted by molar-refractivity contribution is 6.76. The molecule has 1 heterocycles. The van der Waals surface area contributed by atoms with E-state index in [2.05, 4.69) is 19.6 Å². The summed E-state index contributed by atoms with van der Waals surface area (Å²) in [6.07, 6.45) is 0. The van der Waals surface area contributed by atoms with Crippen molar-refractivity contribution in [3.63, 3.8) is 0 Å². The smallest absolute Gasteiger partial charge is 0.333 e. The van der Waals surface area contributed by atoms with Crippen molar-refractivity contribution >= 4 is 8.07 Å². The van der Waals surface area contributed by atoms with Crippen molar-refractivity contribution in [2.24, 2.45) is 7.05 Å². The third-order valence-corrected chi connectivity index (χ3v) is 6.38. The highest BCUT2D eigenvalue weighted by atomic mass is 28.3. The lowest BCUT2D eigenvalue weighted by Gasteiger charge is -2.18. The molecule has 0 unspecified atom stereocenters. The van der Waals surface area contributed by atoms with Gasteiger partial charge in [0.25, 0.3) is 5.56 Å². The first-order chi connectivity index (χ1) is 12.6. The summed E-state index contributed by atoms with van der Waals surface area (Å²) in [4.78, 5) is 25.6. The van der Waals surface area contributed by atoms with Gasteiger partial charge in [0, 0.05) is 32.9 Å². The predicted molar refractivity (Wildman–Crippen MR) is 112 cm³/mol. The van der Waals surface area contributed by atoms with Crippen LogP contribution in [0.4, 0.5) is 0 Å². The summed E-state index contributed by atoms with van der Waals surface area (Å²) in [5.74, 6) is 0.739. The van der Waals surface area contributed by atoms with Gasteiger partial charge in [0.15, 0.2) is 0 Å². The molecule has 0 spiro atoms. The first-order valence-electron chi connectivity index (χ1n) is 9.10. The van der Waals surface area contributed by atoms with Crippen LogP contribution in [0.5, 0.6) is 5.75 Å². The second-order valence-corrected chi connectivity index (χ2v) is 13.7. The van der Waals surface area contributed by atoms with Crippen LogP contribution in [0.25, 0.3) is 11.3 Å². The van der Waals surface area contributed by atoms with Gasteiger partial charge in [-0.2, -0.15) is 0 Å². The van der Waals surface area contributed by atoms with Crippen molar-refractivity contribution in [3.05, 3.63) is 50.2 Å². The Bertz CT molecular complexity index is 901. The molecule has 1 aromatic carbocycles. The largest absolute Gasteiger partial charge is 0.497 e. The lowest BCUT2D eigenvalue weighted by Crippen LogP contribution is -2.41. The molecule has 0 saturated heterocycles. The summed E-state index contributed by atoms with van der Waals surface area (Å²) >= 11 is 0. The van der Waals surface area contributed by atoms with Crippen LogP contribution >= 0.6 is 0 Å². The van der Waals surface area contributed by atoms with Crippen LogP contribution in [0.15, 0.2) is 27.8 Å². The van der Waals surface area contributed by atoms with E-state index < -0.39 is 8.07 Å². The summed E-state index contributed by atoms with van der Waals surface area (Å²) in [5.41, 5.74) is 2.26. The monoisotopic (exact) mass is 390 g/mol. The fourth-order valence-electron chi connectivity index (χ4n) is 2.98. The highest BCUT2D eigenvalue weighted by Gasteiger charge is 2.18. The lowest BCUT2D eigenvalue weighted by molar-refractivity contribution is 0.0805. The number of aryl methyl sites for hydroxylation is 1. The van der Waals surface area contributed by atoms with E-state index in [9.17, 15) is 9.59 Å². The van der Waals surface area contributed by atoms with Crippen molar-refractivity contribution in [1.82, 2.24) is 9.13 Å². The number of methoxy groups -OCH3 is 1. The number of nitrogens with zero attached hydrogens (tertiary/aromatic N) is 2. The molecule has 0 N–H and O–H groups in total. The Hall–Kier alpha value is -2.12. The summed E-state index contributed by atoms with van der Waals surface area (Å²) < 4.78 is 13.6. The lowest BCUT2D eigenvalue weighted by atomic mass is 10.0. The molecule has 0 aliphatic rings. The van der Waals surface area contributed by atoms with Gasteiger partial charge in [0.2, 0.25) is 0 Å². The van der Waals surface area contributed by atoms with Crippen LogP contribution in [0, 0.1) is 13.8 Å². The number of hydrogen-bond acceptors (Lipinski definition) is 4. The third-order valence-electron chi connectivity index (χ3n) is 4.68. The molecule has 1 aromatic heterocycles. The van der Waals surface area contributed by atoms with Crippen LogP contribution in [0.1, 0.15) is 11.1 Å². The maximum Gasteiger partial charge on any atom is 0.333 e. The minimum absolute atomic E-state index is 0.0152. The molecule has 0 amide bonds. The van der Waals surface area contributed by atoms with Crippen molar-refractivity contribution < 1.29 is 9.47 Å². The van der Waals surface area contributed by atoms with E-state index in [1.807, 2.05) is 25.1 Å². The number of ether oxygens (including phenoxy) is 2. The molecular weight excluding hydrogens is 360 g/mol. The SMILES string of the molecule is COc1ccc(-c2c(C)c(=O)n(COCC[Si](C)(C)C)c(=O)n2C)c(C)c1. The Labute approximate surface area is 161 Å². The summed E-state index contributed by atoms with van der Waals surface area (Å²) in [6.45, 7) is 11.0. The zero-order valence-corrected chi connectivity index (χ0v) is 18.4. The van der Waals surface area contributed by atoms with Gasteiger partial charge < -0.3 is 9.47 Å². The Morgan fingerprint density at radius 3 is 2.33 bits per heavy atom. The van der Waals surface area contributed by atoms with Gasteiger partial charge in [-0.3, -0.25) is 9.36 Å². The van der Waals surface area contributed by atoms with Crippen LogP contribution in [-0.4, -0.2) is 30.9 Å². The van der Waals surface area contributed by atoms with E-state index in [0.717, 1.165) is 22.9 Å². The van der Waals surface area contributed by atoms with Crippen molar-refractivity contribution in [2.45, 2.75) is 46.3 Å². The Kier molecular flexibility index (Phi) is 6.49. The van der Waals surface area contributed by atoms with Gasteiger partial charge in [0.1, 0.15) is 12.5 Å². The molecule has 0 aliphatic heterocycles. The molecule has 0 atom stereocenters. The summed E-state index contributed by atoms with van der Waals surface area (Å²) in [6, 6.07) is 6.59. The number of aromatic nitrogens is 2. The summed E-state index contributed by atoms with van der Waals surface area (Å²) in [7, 11) is 2.08. The van der Waals surface area contributed by atoms with Gasteiger partial charge in [-0.25, -0.2) is 9.36 Å². The van der Waals surface area contributed by atoms with Gasteiger partial charge in [-0.1, -0.05) is 19.6 Å². The minimum atomic E-state index is -1.22. The molecule has 6 nitrogen and oxygen atoms in total. The van der Waals surface area contributed by atoms with Gasteiger partial charge >= 0.3 is 5.69 Å². The van der Waals surface area contributed by atoms with E-state index >= 15 is 0 Å². The quantitative estimate of drug-likeness (QED) is 0.538. The van der Waals surface area contributed by atoms with E-state index in [1.54, 1.807) is 21.1 Å². The van der Waals surface area contributed by atoms with E-state index in [4.69, 9.17) is 9.47 Å². The standard InChI is InChI=1S/C20H30N2O4Si/c1-14-12-16(25-4)8-9-17(14)18-15(2)19(23)22(20(24)21(18)3)13-26-10-11-27(5,6)7/h8-9,12H,10-11,13H2,1-7H3. The molecule has 2 aromatic rings. The maximum atomic E-state index is 12.8. The average molecular weight is 391 g/mol. The second-order valence-electron chi connectivity index (χ2n) is 8.08. The summed E-state index contributed by atoms with van der Waals surface area (Å²) in [5, 5.41) is 0. The maximum absolute atomic E-state index is 12.8. The third kappa shape index (κ3) is 4.78. The Morgan fingerprint density at radius 1 is 1.11 bits per heavy atom. The zero-order chi connectivity index (χ0) is 20.4.